The number of rotatable bonds is 4. The maximum absolute atomic E-state index is 4.17. The molecule has 0 unspecified atom stereocenters. The summed E-state index contributed by atoms with van der Waals surface area (Å²) in [6.45, 7) is 5.15. The zero-order valence-corrected chi connectivity index (χ0v) is 10.8. The van der Waals surface area contributed by atoms with E-state index in [1.807, 2.05) is 6.33 Å². The Morgan fingerprint density at radius 1 is 1.50 bits per heavy atom. The highest BCUT2D eigenvalue weighted by Crippen LogP contribution is 2.17. The summed E-state index contributed by atoms with van der Waals surface area (Å²) in [5.74, 6) is 3.62. The lowest BCUT2D eigenvalue weighted by atomic mass is 10.1. The molecule has 1 fully saturated rings. The third-order valence-corrected chi connectivity index (χ3v) is 4.02. The van der Waals surface area contributed by atoms with Crippen LogP contribution in [0.5, 0.6) is 0 Å². The van der Waals surface area contributed by atoms with E-state index in [1.54, 1.807) is 0 Å². The van der Waals surface area contributed by atoms with Gasteiger partial charge >= 0.3 is 0 Å². The number of nitrogens with zero attached hydrogens (tertiary/aromatic N) is 3. The van der Waals surface area contributed by atoms with E-state index < -0.39 is 0 Å². The van der Waals surface area contributed by atoms with Crippen LogP contribution in [0.25, 0.3) is 0 Å². The first-order valence-corrected chi connectivity index (χ1v) is 7.12. The van der Waals surface area contributed by atoms with E-state index in [-0.39, 0.29) is 0 Å². The molecule has 0 saturated carbocycles. The summed E-state index contributed by atoms with van der Waals surface area (Å²) in [6.07, 6.45) is 4.37. The van der Waals surface area contributed by atoms with E-state index in [9.17, 15) is 0 Å². The van der Waals surface area contributed by atoms with Crippen LogP contribution >= 0.6 is 11.8 Å². The van der Waals surface area contributed by atoms with Crippen LogP contribution < -0.4 is 5.32 Å². The van der Waals surface area contributed by atoms with Crippen LogP contribution in [0.15, 0.2) is 6.33 Å². The monoisotopic (exact) mass is 240 g/mol. The van der Waals surface area contributed by atoms with Crippen LogP contribution in [0.4, 0.5) is 0 Å². The topological polar surface area (TPSA) is 42.7 Å². The predicted octanol–water partition coefficient (Wildman–Crippen LogP) is 1.84. The van der Waals surface area contributed by atoms with Crippen molar-refractivity contribution in [2.24, 2.45) is 0 Å². The van der Waals surface area contributed by atoms with Gasteiger partial charge in [0.05, 0.1) is 6.54 Å². The molecule has 0 aromatic carbocycles. The second kappa shape index (κ2) is 5.68. The molecule has 1 aliphatic rings. The van der Waals surface area contributed by atoms with Crippen molar-refractivity contribution in [1.29, 1.82) is 0 Å². The Kier molecular flexibility index (Phi) is 4.23. The normalized spacial score (nSPS) is 18.2. The highest BCUT2D eigenvalue weighted by molar-refractivity contribution is 7.99. The van der Waals surface area contributed by atoms with Crippen molar-refractivity contribution in [2.45, 2.75) is 45.3 Å². The molecule has 1 N–H and O–H groups in total. The molecule has 0 aliphatic carbocycles. The van der Waals surface area contributed by atoms with Crippen molar-refractivity contribution in [3.05, 3.63) is 12.2 Å². The summed E-state index contributed by atoms with van der Waals surface area (Å²) in [4.78, 5) is 0. The molecule has 2 rings (SSSR count). The van der Waals surface area contributed by atoms with E-state index in [1.165, 1.54) is 24.3 Å². The largest absolute Gasteiger partial charge is 0.314 e. The first-order chi connectivity index (χ1) is 7.77. The molecular weight excluding hydrogens is 220 g/mol. The summed E-state index contributed by atoms with van der Waals surface area (Å²) in [5, 5.41) is 11.7. The third-order valence-electron chi connectivity index (χ3n) is 2.97. The van der Waals surface area contributed by atoms with Crippen molar-refractivity contribution in [2.75, 3.05) is 11.5 Å². The minimum Gasteiger partial charge on any atom is -0.314 e. The van der Waals surface area contributed by atoms with E-state index in [0.717, 1.165) is 12.4 Å². The van der Waals surface area contributed by atoms with Crippen LogP contribution in [0.2, 0.25) is 0 Å². The van der Waals surface area contributed by atoms with Crippen LogP contribution in [-0.4, -0.2) is 32.3 Å². The molecule has 0 spiro atoms. The zero-order chi connectivity index (χ0) is 11.4. The average molecular weight is 240 g/mol. The van der Waals surface area contributed by atoms with Gasteiger partial charge in [-0.25, -0.2) is 0 Å². The van der Waals surface area contributed by atoms with Crippen LogP contribution in [-0.2, 0) is 6.54 Å². The number of nitrogens with one attached hydrogen (secondary N) is 1. The van der Waals surface area contributed by atoms with Crippen LogP contribution in [0, 0.1) is 0 Å². The van der Waals surface area contributed by atoms with Crippen molar-refractivity contribution < 1.29 is 0 Å². The Labute approximate surface area is 101 Å². The van der Waals surface area contributed by atoms with Crippen molar-refractivity contribution >= 4 is 11.8 Å². The minimum atomic E-state index is 0.439. The molecule has 16 heavy (non-hydrogen) atoms. The lowest BCUT2D eigenvalue weighted by molar-refractivity contribution is 0.457. The van der Waals surface area contributed by atoms with Gasteiger partial charge in [-0.05, 0) is 38.2 Å². The van der Waals surface area contributed by atoms with Gasteiger partial charge < -0.3 is 9.88 Å². The average Bonchev–Trinajstić information content (AvgIpc) is 2.76. The van der Waals surface area contributed by atoms with E-state index >= 15 is 0 Å². The molecule has 0 atom stereocenters. The van der Waals surface area contributed by atoms with Crippen molar-refractivity contribution in [3.8, 4) is 0 Å². The molecule has 90 valence electrons. The lowest BCUT2D eigenvalue weighted by Crippen LogP contribution is -2.33. The SMILES string of the molecule is CC(C)n1cnnc1CNC1CCSCC1. The second-order valence-electron chi connectivity index (χ2n) is 4.52. The predicted molar refractivity (Wildman–Crippen MR) is 67.6 cm³/mol. The quantitative estimate of drug-likeness (QED) is 0.872. The fourth-order valence-corrected chi connectivity index (χ4v) is 3.07. The third kappa shape index (κ3) is 2.98. The van der Waals surface area contributed by atoms with Gasteiger partial charge in [0.2, 0.25) is 0 Å². The van der Waals surface area contributed by atoms with Gasteiger partial charge in [0.25, 0.3) is 0 Å². The van der Waals surface area contributed by atoms with Gasteiger partial charge in [-0.15, -0.1) is 10.2 Å². The fourth-order valence-electron chi connectivity index (χ4n) is 1.96. The first kappa shape index (κ1) is 11.9. The van der Waals surface area contributed by atoms with Crippen molar-refractivity contribution in [1.82, 2.24) is 20.1 Å². The maximum Gasteiger partial charge on any atom is 0.147 e. The molecular formula is C11H20N4S. The van der Waals surface area contributed by atoms with Gasteiger partial charge in [-0.2, -0.15) is 11.8 Å². The highest BCUT2D eigenvalue weighted by Gasteiger charge is 2.14. The summed E-state index contributed by atoms with van der Waals surface area (Å²) in [5.41, 5.74) is 0. The molecule has 1 aliphatic heterocycles. The van der Waals surface area contributed by atoms with Crippen molar-refractivity contribution in [3.63, 3.8) is 0 Å². The number of hydrogen-bond donors (Lipinski definition) is 1. The zero-order valence-electron chi connectivity index (χ0n) is 10.0. The Morgan fingerprint density at radius 2 is 2.25 bits per heavy atom. The Morgan fingerprint density at radius 3 is 2.94 bits per heavy atom. The summed E-state index contributed by atoms with van der Waals surface area (Å²) < 4.78 is 2.13. The summed E-state index contributed by atoms with van der Waals surface area (Å²) in [6, 6.07) is 1.10. The van der Waals surface area contributed by atoms with Gasteiger partial charge in [0.15, 0.2) is 0 Å². The van der Waals surface area contributed by atoms with E-state index in [0.29, 0.717) is 12.1 Å². The molecule has 0 radical (unpaired) electrons. The molecule has 1 aromatic rings. The smallest absolute Gasteiger partial charge is 0.147 e. The van der Waals surface area contributed by atoms with Crippen LogP contribution in [0.3, 0.4) is 0 Å². The summed E-state index contributed by atoms with van der Waals surface area (Å²) in [7, 11) is 0. The Balaban J connectivity index is 1.86. The lowest BCUT2D eigenvalue weighted by Gasteiger charge is -2.22. The molecule has 2 heterocycles. The van der Waals surface area contributed by atoms with Gasteiger partial charge in [-0.3, -0.25) is 0 Å². The second-order valence-corrected chi connectivity index (χ2v) is 5.74. The fraction of sp³-hybridized carbons (Fsp3) is 0.818. The molecule has 5 heteroatoms. The van der Waals surface area contributed by atoms with E-state index in [2.05, 4.69) is 45.7 Å². The number of aromatic nitrogens is 3. The first-order valence-electron chi connectivity index (χ1n) is 5.97. The Bertz CT molecular complexity index is 318. The molecule has 0 bridgehead atoms. The van der Waals surface area contributed by atoms with Gasteiger partial charge in [0.1, 0.15) is 12.2 Å². The van der Waals surface area contributed by atoms with E-state index in [4.69, 9.17) is 0 Å². The number of hydrogen-bond acceptors (Lipinski definition) is 4. The molecule has 1 saturated heterocycles. The van der Waals surface area contributed by atoms with Gasteiger partial charge in [0, 0.05) is 12.1 Å². The summed E-state index contributed by atoms with van der Waals surface area (Å²) >= 11 is 2.06. The Hall–Kier alpha value is -0.550. The molecule has 0 amide bonds. The minimum absolute atomic E-state index is 0.439. The molecule has 1 aromatic heterocycles. The number of thioether (sulfide) groups is 1. The maximum atomic E-state index is 4.17. The molecule has 4 nitrogen and oxygen atoms in total. The van der Waals surface area contributed by atoms with Crippen LogP contribution in [0.1, 0.15) is 38.6 Å². The van der Waals surface area contributed by atoms with Gasteiger partial charge in [-0.1, -0.05) is 0 Å². The standard InChI is InChI=1S/C11H20N4S/c1-9(2)15-8-13-14-11(15)7-12-10-3-5-16-6-4-10/h8-10,12H,3-7H2,1-2H3. The highest BCUT2D eigenvalue weighted by atomic mass is 32.2.